The van der Waals surface area contributed by atoms with E-state index in [9.17, 15) is 9.50 Å². The molecule has 0 unspecified atom stereocenters. The third-order valence-electron chi connectivity index (χ3n) is 7.22. The van der Waals surface area contributed by atoms with E-state index >= 15 is 0 Å². The van der Waals surface area contributed by atoms with E-state index in [-0.39, 0.29) is 11.2 Å². The molecule has 0 amide bonds. The van der Waals surface area contributed by atoms with Crippen molar-refractivity contribution in [1.29, 1.82) is 0 Å². The zero-order valence-corrected chi connectivity index (χ0v) is 18.0. The monoisotopic (exact) mass is 433 g/mol. The van der Waals surface area contributed by atoms with Gasteiger partial charge in [-0.2, -0.15) is 0 Å². The second-order valence-electron chi connectivity index (χ2n) is 9.16. The lowest BCUT2D eigenvalue weighted by molar-refractivity contribution is 0.107. The van der Waals surface area contributed by atoms with Crippen LogP contribution in [0.4, 0.5) is 4.39 Å². The lowest BCUT2D eigenvalue weighted by Gasteiger charge is -2.36. The molecule has 0 bridgehead atoms. The van der Waals surface area contributed by atoms with Crippen molar-refractivity contribution in [3.05, 3.63) is 59.6 Å². The highest BCUT2D eigenvalue weighted by Crippen LogP contribution is 2.49. The summed E-state index contributed by atoms with van der Waals surface area (Å²) >= 11 is 1.65. The van der Waals surface area contributed by atoms with E-state index in [1.54, 1.807) is 11.3 Å². The van der Waals surface area contributed by atoms with Gasteiger partial charge >= 0.3 is 0 Å². The molecule has 4 nitrogen and oxygen atoms in total. The number of halogens is 1. The number of nitrogens with zero attached hydrogens (tertiary/aromatic N) is 3. The normalized spacial score (nSPS) is 23.0. The molecule has 0 saturated heterocycles. The van der Waals surface area contributed by atoms with Crippen LogP contribution in [0.3, 0.4) is 0 Å². The first-order valence-corrected chi connectivity index (χ1v) is 11.8. The number of aliphatic hydroxyl groups is 1. The zero-order chi connectivity index (χ0) is 21.0. The van der Waals surface area contributed by atoms with Crippen LogP contribution in [0.15, 0.2) is 48.0 Å². The predicted molar refractivity (Wildman–Crippen MR) is 121 cm³/mol. The third kappa shape index (κ3) is 3.20. The molecule has 6 heteroatoms. The largest absolute Gasteiger partial charge is 0.396 e. The maximum absolute atomic E-state index is 13.6. The standard InChI is InChI=1S/C25H24FN3OS/c26-19-4-1-17(2-5-19)23-24(18-3-6-20-21(11-18)31-15-27-20)29-14-25(12-22(29)28-23)9-7-16(13-30)8-10-25/h1-6,11,15-16,30H,7-10,12-14H2. The summed E-state index contributed by atoms with van der Waals surface area (Å²) in [7, 11) is 0. The Morgan fingerprint density at radius 1 is 1.10 bits per heavy atom. The molecule has 1 saturated carbocycles. The number of thiazole rings is 1. The smallest absolute Gasteiger partial charge is 0.123 e. The van der Waals surface area contributed by atoms with Gasteiger partial charge in [-0.05, 0) is 73.4 Å². The first-order valence-electron chi connectivity index (χ1n) is 10.9. The molecule has 6 rings (SSSR count). The number of benzene rings is 2. The van der Waals surface area contributed by atoms with E-state index in [2.05, 4.69) is 27.8 Å². The summed E-state index contributed by atoms with van der Waals surface area (Å²) < 4.78 is 17.1. The van der Waals surface area contributed by atoms with Crippen LogP contribution in [0.5, 0.6) is 0 Å². The molecule has 1 N–H and O–H groups in total. The number of imidazole rings is 1. The second kappa shape index (κ2) is 7.24. The summed E-state index contributed by atoms with van der Waals surface area (Å²) in [5, 5.41) is 9.55. The lowest BCUT2D eigenvalue weighted by atomic mass is 9.70. The number of aromatic nitrogens is 3. The Morgan fingerprint density at radius 3 is 2.65 bits per heavy atom. The van der Waals surface area contributed by atoms with E-state index in [4.69, 9.17) is 4.98 Å². The topological polar surface area (TPSA) is 50.9 Å². The number of fused-ring (bicyclic) bond motifs is 2. The van der Waals surface area contributed by atoms with Crippen molar-refractivity contribution in [2.75, 3.05) is 6.61 Å². The van der Waals surface area contributed by atoms with Crippen LogP contribution in [-0.2, 0) is 13.0 Å². The fourth-order valence-electron chi connectivity index (χ4n) is 5.44. The SMILES string of the molecule is OCC1CCC2(CC1)Cc1nc(-c3ccc(F)cc3)c(-c3ccc4ncsc4c3)n1C2. The molecule has 4 aromatic rings. The van der Waals surface area contributed by atoms with Gasteiger partial charge in [-0.1, -0.05) is 6.07 Å². The van der Waals surface area contributed by atoms with Crippen LogP contribution >= 0.6 is 11.3 Å². The Kier molecular flexibility index (Phi) is 4.47. The van der Waals surface area contributed by atoms with E-state index in [0.717, 1.165) is 77.2 Å². The minimum Gasteiger partial charge on any atom is -0.396 e. The van der Waals surface area contributed by atoms with Gasteiger partial charge in [-0.25, -0.2) is 14.4 Å². The molecule has 3 heterocycles. The molecule has 2 aromatic carbocycles. The predicted octanol–water partition coefficient (Wildman–Crippen LogP) is 5.69. The summed E-state index contributed by atoms with van der Waals surface area (Å²) in [6, 6.07) is 13.1. The minimum absolute atomic E-state index is 0.234. The highest BCUT2D eigenvalue weighted by Gasteiger charge is 2.43. The molecule has 1 spiro atoms. The maximum atomic E-state index is 13.6. The summed E-state index contributed by atoms with van der Waals surface area (Å²) in [4.78, 5) is 9.52. The fraction of sp³-hybridized carbons (Fsp3) is 0.360. The summed E-state index contributed by atoms with van der Waals surface area (Å²) in [6.45, 7) is 1.26. The average Bonchev–Trinajstić information content (AvgIpc) is 3.47. The van der Waals surface area contributed by atoms with Gasteiger partial charge in [0.2, 0.25) is 0 Å². The third-order valence-corrected chi connectivity index (χ3v) is 8.01. The minimum atomic E-state index is -0.234. The zero-order valence-electron chi connectivity index (χ0n) is 17.2. The molecular weight excluding hydrogens is 409 g/mol. The van der Waals surface area contributed by atoms with E-state index in [1.165, 1.54) is 12.1 Å². The summed E-state index contributed by atoms with van der Waals surface area (Å²) in [6.07, 6.45) is 5.44. The van der Waals surface area contributed by atoms with Crippen molar-refractivity contribution in [3.8, 4) is 22.5 Å². The lowest BCUT2D eigenvalue weighted by Crippen LogP contribution is -2.30. The fourth-order valence-corrected chi connectivity index (χ4v) is 6.16. The van der Waals surface area contributed by atoms with Gasteiger partial charge in [-0.15, -0.1) is 11.3 Å². The van der Waals surface area contributed by atoms with Crippen molar-refractivity contribution in [2.45, 2.75) is 38.6 Å². The van der Waals surface area contributed by atoms with Crippen molar-refractivity contribution < 1.29 is 9.50 Å². The van der Waals surface area contributed by atoms with Crippen LogP contribution in [0.25, 0.3) is 32.7 Å². The molecule has 1 fully saturated rings. The van der Waals surface area contributed by atoms with Gasteiger partial charge in [0, 0.05) is 30.7 Å². The van der Waals surface area contributed by atoms with Crippen molar-refractivity contribution in [2.24, 2.45) is 11.3 Å². The van der Waals surface area contributed by atoms with Crippen LogP contribution in [0.1, 0.15) is 31.5 Å². The van der Waals surface area contributed by atoms with Gasteiger partial charge in [0.25, 0.3) is 0 Å². The second-order valence-corrected chi connectivity index (χ2v) is 10.0. The Bertz CT molecular complexity index is 1250. The van der Waals surface area contributed by atoms with Gasteiger partial charge in [0.05, 0.1) is 27.1 Å². The molecule has 2 aromatic heterocycles. The Morgan fingerprint density at radius 2 is 1.87 bits per heavy atom. The van der Waals surface area contributed by atoms with Crippen molar-refractivity contribution in [3.63, 3.8) is 0 Å². The van der Waals surface area contributed by atoms with Crippen molar-refractivity contribution >= 4 is 21.6 Å². The molecule has 0 atom stereocenters. The van der Waals surface area contributed by atoms with Crippen molar-refractivity contribution in [1.82, 2.24) is 14.5 Å². The Balaban J connectivity index is 1.46. The van der Waals surface area contributed by atoms with Crippen LogP contribution in [0, 0.1) is 17.2 Å². The molecule has 2 aliphatic rings. The first kappa shape index (κ1) is 19.1. The maximum Gasteiger partial charge on any atom is 0.123 e. The molecule has 1 aliphatic heterocycles. The molecule has 1 aliphatic carbocycles. The van der Waals surface area contributed by atoms with Gasteiger partial charge in [0.15, 0.2) is 0 Å². The summed E-state index contributed by atoms with van der Waals surface area (Å²) in [5.41, 5.74) is 7.27. The highest BCUT2D eigenvalue weighted by molar-refractivity contribution is 7.16. The molecular formula is C25H24FN3OS. The number of hydrogen-bond donors (Lipinski definition) is 1. The molecule has 0 radical (unpaired) electrons. The molecule has 31 heavy (non-hydrogen) atoms. The average molecular weight is 434 g/mol. The quantitative estimate of drug-likeness (QED) is 0.451. The van der Waals surface area contributed by atoms with Crippen LogP contribution < -0.4 is 0 Å². The first-order chi connectivity index (χ1) is 15.1. The Labute approximate surface area is 184 Å². The summed E-state index contributed by atoms with van der Waals surface area (Å²) in [5.74, 6) is 1.34. The van der Waals surface area contributed by atoms with Crippen LogP contribution in [-0.4, -0.2) is 26.2 Å². The number of aliphatic hydroxyl groups excluding tert-OH is 1. The van der Waals surface area contributed by atoms with Gasteiger partial charge < -0.3 is 9.67 Å². The van der Waals surface area contributed by atoms with E-state index < -0.39 is 0 Å². The Hall–Kier alpha value is -2.57. The highest BCUT2D eigenvalue weighted by atomic mass is 32.1. The van der Waals surface area contributed by atoms with E-state index in [0.29, 0.717) is 12.5 Å². The van der Waals surface area contributed by atoms with Gasteiger partial charge in [-0.3, -0.25) is 0 Å². The number of rotatable bonds is 3. The van der Waals surface area contributed by atoms with Crippen LogP contribution in [0.2, 0.25) is 0 Å². The number of hydrogen-bond acceptors (Lipinski definition) is 4. The van der Waals surface area contributed by atoms with E-state index in [1.807, 2.05) is 17.6 Å². The molecule has 158 valence electrons. The van der Waals surface area contributed by atoms with Gasteiger partial charge in [0.1, 0.15) is 11.6 Å².